The Morgan fingerprint density at radius 3 is 2.68 bits per heavy atom. The maximum Gasteiger partial charge on any atom is 0.260 e. The van der Waals surface area contributed by atoms with Crippen LogP contribution < -0.4 is 10.1 Å². The van der Waals surface area contributed by atoms with Gasteiger partial charge in [0.05, 0.1) is 23.6 Å². The molecule has 0 saturated carbocycles. The lowest BCUT2D eigenvalue weighted by Gasteiger charge is -2.14. The Morgan fingerprint density at radius 1 is 1.32 bits per heavy atom. The number of halogens is 1. The van der Waals surface area contributed by atoms with E-state index < -0.39 is 0 Å². The Kier molecular flexibility index (Phi) is 4.12. The zero-order valence-electron chi connectivity index (χ0n) is 10.6. The van der Waals surface area contributed by atoms with E-state index in [1.165, 1.54) is 12.3 Å². The molecule has 0 saturated heterocycles. The highest BCUT2D eigenvalue weighted by atomic mass is 35.5. The lowest BCUT2D eigenvalue weighted by atomic mass is 10.2. The second-order valence-corrected chi connectivity index (χ2v) is 4.57. The number of furan rings is 1. The molecule has 0 fully saturated rings. The molecule has 0 aliphatic heterocycles. The van der Waals surface area contributed by atoms with Crippen LogP contribution in [0.3, 0.4) is 0 Å². The third-order valence-corrected chi connectivity index (χ3v) is 2.65. The van der Waals surface area contributed by atoms with E-state index in [2.05, 4.69) is 5.32 Å². The number of carbonyl (C=O) groups excluding carboxylic acids is 1. The van der Waals surface area contributed by atoms with Crippen LogP contribution in [0.15, 0.2) is 41.0 Å². The van der Waals surface area contributed by atoms with Gasteiger partial charge in [-0.3, -0.25) is 4.79 Å². The first-order chi connectivity index (χ1) is 9.08. The monoisotopic (exact) mass is 279 g/mol. The number of ether oxygens (including phenoxy) is 1. The van der Waals surface area contributed by atoms with Crippen LogP contribution in [0.5, 0.6) is 5.75 Å². The number of hydrogen-bond acceptors (Lipinski definition) is 3. The lowest BCUT2D eigenvalue weighted by Crippen LogP contribution is -2.14. The average molecular weight is 280 g/mol. The molecule has 0 atom stereocenters. The van der Waals surface area contributed by atoms with E-state index in [4.69, 9.17) is 20.8 Å². The van der Waals surface area contributed by atoms with Crippen LogP contribution in [0, 0.1) is 0 Å². The van der Waals surface area contributed by atoms with Crippen molar-refractivity contribution < 1.29 is 13.9 Å². The van der Waals surface area contributed by atoms with E-state index in [1.807, 2.05) is 26.0 Å². The molecule has 0 bridgehead atoms. The number of nitrogens with one attached hydrogen (secondary N) is 1. The van der Waals surface area contributed by atoms with Crippen LogP contribution in [-0.4, -0.2) is 12.0 Å². The molecule has 4 nitrogen and oxygen atoms in total. The number of anilines is 1. The topological polar surface area (TPSA) is 51.5 Å². The smallest absolute Gasteiger partial charge is 0.260 e. The summed E-state index contributed by atoms with van der Waals surface area (Å²) in [6.45, 7) is 3.84. The minimum atomic E-state index is -0.335. The summed E-state index contributed by atoms with van der Waals surface area (Å²) in [5.41, 5.74) is 0.888. The molecule has 0 radical (unpaired) electrons. The van der Waals surface area contributed by atoms with Gasteiger partial charge in [0.2, 0.25) is 5.22 Å². The quantitative estimate of drug-likeness (QED) is 0.921. The van der Waals surface area contributed by atoms with E-state index in [-0.39, 0.29) is 17.2 Å². The minimum Gasteiger partial charge on any atom is -0.489 e. The predicted octanol–water partition coefficient (Wildman–Crippen LogP) is 3.97. The molecule has 1 N–H and O–H groups in total. The highest BCUT2D eigenvalue weighted by Crippen LogP contribution is 2.26. The van der Waals surface area contributed by atoms with Crippen molar-refractivity contribution in [2.75, 3.05) is 5.32 Å². The van der Waals surface area contributed by atoms with Crippen molar-refractivity contribution in [3.05, 3.63) is 47.4 Å². The van der Waals surface area contributed by atoms with Crippen LogP contribution in [-0.2, 0) is 0 Å². The Morgan fingerprint density at radius 2 is 2.05 bits per heavy atom. The molecule has 19 heavy (non-hydrogen) atoms. The summed E-state index contributed by atoms with van der Waals surface area (Å²) in [6.07, 6.45) is 1.39. The molecule has 2 aromatic rings. The van der Waals surface area contributed by atoms with Gasteiger partial charge in [-0.2, -0.15) is 0 Å². The number of hydrogen-bond donors (Lipinski definition) is 1. The van der Waals surface area contributed by atoms with E-state index in [0.717, 1.165) is 0 Å². The highest BCUT2D eigenvalue weighted by molar-refractivity contribution is 6.32. The largest absolute Gasteiger partial charge is 0.489 e. The van der Waals surface area contributed by atoms with Crippen molar-refractivity contribution in [1.29, 1.82) is 0 Å². The Hall–Kier alpha value is -1.94. The van der Waals surface area contributed by atoms with Crippen molar-refractivity contribution >= 4 is 23.2 Å². The van der Waals surface area contributed by atoms with Crippen molar-refractivity contribution in [3.63, 3.8) is 0 Å². The molecular weight excluding hydrogens is 266 g/mol. The fraction of sp³-hybridized carbons (Fsp3) is 0.214. The molecule has 1 aromatic carbocycles. The van der Waals surface area contributed by atoms with Gasteiger partial charge in [-0.05, 0) is 43.6 Å². The summed E-state index contributed by atoms with van der Waals surface area (Å²) in [7, 11) is 0. The van der Waals surface area contributed by atoms with E-state index in [9.17, 15) is 4.79 Å². The van der Waals surface area contributed by atoms with Gasteiger partial charge in [-0.15, -0.1) is 0 Å². The maximum absolute atomic E-state index is 12.0. The number of para-hydroxylation sites is 2. The van der Waals surface area contributed by atoms with Gasteiger partial charge >= 0.3 is 0 Å². The Labute approximate surface area is 116 Å². The fourth-order valence-electron chi connectivity index (χ4n) is 1.57. The van der Waals surface area contributed by atoms with Crippen LogP contribution in [0.25, 0.3) is 0 Å². The van der Waals surface area contributed by atoms with E-state index >= 15 is 0 Å². The first kappa shape index (κ1) is 13.5. The molecular formula is C14H14ClNO3. The van der Waals surface area contributed by atoms with E-state index in [1.54, 1.807) is 12.1 Å². The van der Waals surface area contributed by atoms with Crippen molar-refractivity contribution in [2.45, 2.75) is 20.0 Å². The lowest BCUT2D eigenvalue weighted by molar-refractivity contribution is 0.102. The zero-order chi connectivity index (χ0) is 13.8. The zero-order valence-corrected chi connectivity index (χ0v) is 11.4. The number of rotatable bonds is 4. The fourth-order valence-corrected chi connectivity index (χ4v) is 1.77. The summed E-state index contributed by atoms with van der Waals surface area (Å²) in [6, 6.07) is 8.75. The molecule has 100 valence electrons. The molecule has 1 amide bonds. The van der Waals surface area contributed by atoms with Crippen LogP contribution in [0.4, 0.5) is 5.69 Å². The SMILES string of the molecule is CC(C)Oc1ccccc1NC(=O)c1ccoc1Cl. The predicted molar refractivity (Wildman–Crippen MR) is 73.9 cm³/mol. The average Bonchev–Trinajstić information content (AvgIpc) is 2.77. The summed E-state index contributed by atoms with van der Waals surface area (Å²) in [5.74, 6) is 0.282. The van der Waals surface area contributed by atoms with Gasteiger partial charge in [0, 0.05) is 0 Å². The normalized spacial score (nSPS) is 10.5. The third kappa shape index (κ3) is 3.29. The first-order valence-corrected chi connectivity index (χ1v) is 6.25. The standard InChI is InChI=1S/C14H14ClNO3/c1-9(2)19-12-6-4-3-5-11(12)16-14(17)10-7-8-18-13(10)15/h3-9H,1-2H3,(H,16,17). The minimum absolute atomic E-state index is 0.0237. The Bertz CT molecular complexity index is 578. The summed E-state index contributed by atoms with van der Waals surface area (Å²) >= 11 is 5.77. The van der Waals surface area contributed by atoms with Crippen molar-refractivity contribution in [3.8, 4) is 5.75 Å². The molecule has 0 unspecified atom stereocenters. The number of carbonyl (C=O) groups is 1. The van der Waals surface area contributed by atoms with Gasteiger partial charge in [0.25, 0.3) is 5.91 Å². The van der Waals surface area contributed by atoms with Gasteiger partial charge in [0.1, 0.15) is 5.75 Å². The highest BCUT2D eigenvalue weighted by Gasteiger charge is 2.15. The summed E-state index contributed by atoms with van der Waals surface area (Å²) in [5, 5.41) is 2.82. The van der Waals surface area contributed by atoms with Gasteiger partial charge in [-0.1, -0.05) is 12.1 Å². The van der Waals surface area contributed by atoms with Crippen LogP contribution in [0.2, 0.25) is 5.22 Å². The van der Waals surface area contributed by atoms with Crippen molar-refractivity contribution in [2.24, 2.45) is 0 Å². The molecule has 0 aliphatic carbocycles. The van der Waals surface area contributed by atoms with Gasteiger partial charge in [0.15, 0.2) is 0 Å². The molecule has 5 heteroatoms. The molecule has 1 heterocycles. The van der Waals surface area contributed by atoms with Crippen LogP contribution in [0.1, 0.15) is 24.2 Å². The molecule has 1 aromatic heterocycles. The molecule has 0 aliphatic rings. The summed E-state index contributed by atoms with van der Waals surface area (Å²) < 4.78 is 10.5. The molecule has 2 rings (SSSR count). The first-order valence-electron chi connectivity index (χ1n) is 5.88. The van der Waals surface area contributed by atoms with Crippen LogP contribution >= 0.6 is 11.6 Å². The van der Waals surface area contributed by atoms with Gasteiger partial charge < -0.3 is 14.5 Å². The number of amides is 1. The second-order valence-electron chi connectivity index (χ2n) is 4.22. The number of benzene rings is 1. The third-order valence-electron chi connectivity index (χ3n) is 2.36. The van der Waals surface area contributed by atoms with E-state index in [0.29, 0.717) is 17.0 Å². The second kappa shape index (κ2) is 5.80. The Balaban J connectivity index is 2.19. The molecule has 0 spiro atoms. The maximum atomic E-state index is 12.0. The van der Waals surface area contributed by atoms with Crippen molar-refractivity contribution in [1.82, 2.24) is 0 Å². The van der Waals surface area contributed by atoms with Gasteiger partial charge in [-0.25, -0.2) is 0 Å². The summed E-state index contributed by atoms with van der Waals surface area (Å²) in [4.78, 5) is 12.0.